The van der Waals surface area contributed by atoms with Gasteiger partial charge in [-0.2, -0.15) is 0 Å². The first-order valence-corrected chi connectivity index (χ1v) is 3.17. The predicted molar refractivity (Wildman–Crippen MR) is 40.4 cm³/mol. The molecule has 4 heteroatoms. The summed E-state index contributed by atoms with van der Waals surface area (Å²) >= 11 is 0. The van der Waals surface area contributed by atoms with E-state index in [0.29, 0.717) is 5.71 Å². The van der Waals surface area contributed by atoms with E-state index >= 15 is 0 Å². The molecule has 0 saturated carbocycles. The molecule has 0 radical (unpaired) electrons. The van der Waals surface area contributed by atoms with E-state index in [-0.39, 0.29) is 24.1 Å². The van der Waals surface area contributed by atoms with E-state index in [0.717, 1.165) is 0 Å². The lowest BCUT2D eigenvalue weighted by molar-refractivity contribution is -0.132. The molecule has 0 atom stereocenters. The molecule has 4 nitrogen and oxygen atoms in total. The van der Waals surface area contributed by atoms with Gasteiger partial charge in [0.2, 0.25) is 0 Å². The topological polar surface area (TPSA) is 85.0 Å². The van der Waals surface area contributed by atoms with Crippen molar-refractivity contribution in [3.8, 4) is 0 Å². The molecule has 58 valence electrons. The summed E-state index contributed by atoms with van der Waals surface area (Å²) in [4.78, 5) is 10.4. The van der Waals surface area contributed by atoms with Gasteiger partial charge < -0.3 is 15.9 Å². The lowest BCUT2D eigenvalue weighted by atomic mass is 9.96. The maximum absolute atomic E-state index is 10.4. The highest BCUT2D eigenvalue weighted by Crippen LogP contribution is 2.12. The summed E-state index contributed by atoms with van der Waals surface area (Å²) in [5.41, 5.74) is 0.653. The second kappa shape index (κ2) is 2.65. The molecule has 0 aromatic heterocycles. The van der Waals surface area contributed by atoms with E-state index in [1.807, 2.05) is 0 Å². The Morgan fingerprint density at radius 3 is 2.55 bits per heavy atom. The molecule has 0 fully saturated rings. The third kappa shape index (κ3) is 1.73. The minimum atomic E-state index is -1.03. The van der Waals surface area contributed by atoms with Crippen LogP contribution in [0, 0.1) is 10.8 Å². The van der Waals surface area contributed by atoms with Crippen LogP contribution in [0.4, 0.5) is 0 Å². The summed E-state index contributed by atoms with van der Waals surface area (Å²) in [5, 5.41) is 22.9. The van der Waals surface area contributed by atoms with Crippen LogP contribution in [0.25, 0.3) is 0 Å². The largest absolute Gasteiger partial charge is 0.478 e. The molecule has 0 amide bonds. The van der Waals surface area contributed by atoms with E-state index in [4.69, 9.17) is 15.9 Å². The van der Waals surface area contributed by atoms with Crippen LogP contribution in [0.2, 0.25) is 0 Å². The Balaban J connectivity index is 2.89. The van der Waals surface area contributed by atoms with Crippen molar-refractivity contribution in [1.29, 1.82) is 10.8 Å². The normalized spacial score (nSPS) is 18.0. The van der Waals surface area contributed by atoms with E-state index in [1.54, 1.807) is 0 Å². The molecule has 1 aliphatic rings. The molecule has 0 aliphatic heterocycles. The quantitative estimate of drug-likeness (QED) is 0.519. The molecule has 0 spiro atoms. The van der Waals surface area contributed by atoms with Gasteiger partial charge in [-0.05, 0) is 6.08 Å². The number of carbonyl (C=O) groups is 1. The van der Waals surface area contributed by atoms with Crippen LogP contribution in [-0.2, 0) is 4.79 Å². The van der Waals surface area contributed by atoms with Crippen molar-refractivity contribution in [1.82, 2.24) is 0 Å². The van der Waals surface area contributed by atoms with Gasteiger partial charge in [0.15, 0.2) is 0 Å². The number of allylic oxidation sites excluding steroid dienone is 1. The zero-order chi connectivity index (χ0) is 8.43. The first-order valence-electron chi connectivity index (χ1n) is 3.17. The molecule has 1 rings (SSSR count). The van der Waals surface area contributed by atoms with Crippen molar-refractivity contribution in [3.63, 3.8) is 0 Å². The van der Waals surface area contributed by atoms with Crippen molar-refractivity contribution in [2.45, 2.75) is 12.8 Å². The smallest absolute Gasteiger partial charge is 0.332 e. The molecule has 11 heavy (non-hydrogen) atoms. The van der Waals surface area contributed by atoms with Gasteiger partial charge >= 0.3 is 5.97 Å². The summed E-state index contributed by atoms with van der Waals surface area (Å²) < 4.78 is 0. The van der Waals surface area contributed by atoms with Crippen molar-refractivity contribution < 1.29 is 9.90 Å². The molecule has 0 aromatic carbocycles. The number of nitrogens with one attached hydrogen (secondary N) is 2. The number of carboxylic acid groups (broad SMARTS) is 1. The van der Waals surface area contributed by atoms with Gasteiger partial charge in [-0.25, -0.2) is 4.79 Å². The van der Waals surface area contributed by atoms with Crippen molar-refractivity contribution in [2.24, 2.45) is 0 Å². The first kappa shape index (κ1) is 7.65. The average molecular weight is 152 g/mol. The summed E-state index contributed by atoms with van der Waals surface area (Å²) in [5.74, 6) is -1.03. The third-order valence-corrected chi connectivity index (χ3v) is 1.43. The first-order chi connectivity index (χ1) is 5.09. The second-order valence-electron chi connectivity index (χ2n) is 2.46. The Labute approximate surface area is 63.6 Å². The Morgan fingerprint density at radius 1 is 1.45 bits per heavy atom. The van der Waals surface area contributed by atoms with E-state index < -0.39 is 5.97 Å². The van der Waals surface area contributed by atoms with Gasteiger partial charge in [0.1, 0.15) is 0 Å². The van der Waals surface area contributed by atoms with Crippen LogP contribution in [0.1, 0.15) is 12.8 Å². The highest BCUT2D eigenvalue weighted by molar-refractivity contribution is 6.15. The summed E-state index contributed by atoms with van der Waals surface area (Å²) in [6.07, 6.45) is 1.79. The molecule has 0 aromatic rings. The summed E-state index contributed by atoms with van der Waals surface area (Å²) in [6, 6.07) is 0. The highest BCUT2D eigenvalue weighted by atomic mass is 16.4. The monoisotopic (exact) mass is 152 g/mol. The number of carboxylic acids is 1. The van der Waals surface area contributed by atoms with Gasteiger partial charge in [0, 0.05) is 29.8 Å². The number of aliphatic carboxylic acids is 1. The predicted octanol–water partition coefficient (Wildman–Crippen LogP) is 0.831. The lowest BCUT2D eigenvalue weighted by Crippen LogP contribution is -2.16. The number of hydrogen-bond donors (Lipinski definition) is 3. The van der Waals surface area contributed by atoms with Gasteiger partial charge in [-0.1, -0.05) is 0 Å². The third-order valence-electron chi connectivity index (χ3n) is 1.43. The average Bonchev–Trinajstić information content (AvgIpc) is 1.85. The fourth-order valence-electron chi connectivity index (χ4n) is 0.972. The molecule has 1 aliphatic carbocycles. The zero-order valence-electron chi connectivity index (χ0n) is 5.85. The standard InChI is InChI=1S/C7H8N2O2/c8-5-1-4(7(10)11)2-6(9)3-5/h1,8-9H,2-3H2,(H,10,11). The van der Waals surface area contributed by atoms with Crippen LogP contribution in [-0.4, -0.2) is 22.5 Å². The molecule has 0 unspecified atom stereocenters. The lowest BCUT2D eigenvalue weighted by Gasteiger charge is -2.10. The van der Waals surface area contributed by atoms with E-state index in [1.165, 1.54) is 6.08 Å². The van der Waals surface area contributed by atoms with Gasteiger partial charge in [-0.3, -0.25) is 0 Å². The SMILES string of the molecule is N=C1C=C(C(=O)O)CC(=N)C1. The summed E-state index contributed by atoms with van der Waals surface area (Å²) in [6.45, 7) is 0. The fourth-order valence-corrected chi connectivity index (χ4v) is 0.972. The maximum atomic E-state index is 10.4. The molecule has 0 bridgehead atoms. The zero-order valence-corrected chi connectivity index (χ0v) is 5.85. The van der Waals surface area contributed by atoms with Crippen molar-refractivity contribution >= 4 is 17.4 Å². The van der Waals surface area contributed by atoms with Crippen LogP contribution in [0.5, 0.6) is 0 Å². The van der Waals surface area contributed by atoms with Crippen molar-refractivity contribution in [3.05, 3.63) is 11.6 Å². The minimum absolute atomic E-state index is 0.145. The fraction of sp³-hybridized carbons (Fsp3) is 0.286. The van der Waals surface area contributed by atoms with Gasteiger partial charge in [0.25, 0.3) is 0 Å². The molecule has 3 N–H and O–H groups in total. The highest BCUT2D eigenvalue weighted by Gasteiger charge is 2.16. The van der Waals surface area contributed by atoms with Crippen LogP contribution >= 0.6 is 0 Å². The molecule has 0 saturated heterocycles. The minimum Gasteiger partial charge on any atom is -0.478 e. The second-order valence-corrected chi connectivity index (χ2v) is 2.46. The molecule has 0 heterocycles. The van der Waals surface area contributed by atoms with Crippen LogP contribution in [0.15, 0.2) is 11.6 Å². The Hall–Kier alpha value is -1.45. The maximum Gasteiger partial charge on any atom is 0.332 e. The van der Waals surface area contributed by atoms with Crippen molar-refractivity contribution in [2.75, 3.05) is 0 Å². The Morgan fingerprint density at radius 2 is 2.09 bits per heavy atom. The van der Waals surface area contributed by atoms with E-state index in [9.17, 15) is 4.79 Å². The van der Waals surface area contributed by atoms with Crippen LogP contribution < -0.4 is 0 Å². The molecular weight excluding hydrogens is 144 g/mol. The summed E-state index contributed by atoms with van der Waals surface area (Å²) in [7, 11) is 0. The van der Waals surface area contributed by atoms with E-state index in [2.05, 4.69) is 0 Å². The van der Waals surface area contributed by atoms with Gasteiger partial charge in [-0.15, -0.1) is 0 Å². The molecular formula is C7H8N2O2. The Kier molecular flexibility index (Phi) is 1.85. The van der Waals surface area contributed by atoms with Gasteiger partial charge in [0.05, 0.1) is 0 Å². The Bertz CT molecular complexity index is 266. The number of rotatable bonds is 1. The van der Waals surface area contributed by atoms with Crippen LogP contribution in [0.3, 0.4) is 0 Å². The number of hydrogen-bond acceptors (Lipinski definition) is 3.